The summed E-state index contributed by atoms with van der Waals surface area (Å²) < 4.78 is 34.2. The van der Waals surface area contributed by atoms with Crippen molar-refractivity contribution in [2.75, 3.05) is 47.5 Å². The van der Waals surface area contributed by atoms with Gasteiger partial charge in [0.2, 0.25) is 0 Å². The Bertz CT molecular complexity index is 876. The minimum Gasteiger partial charge on any atom is -0.462 e. The molecule has 1 unspecified atom stereocenters. The summed E-state index contributed by atoms with van der Waals surface area (Å²) in [6.07, 6.45) is 32.5. The number of unbranched alkanes of at least 4 members (excludes halogenated alkanes) is 21. The smallest absolute Gasteiger partial charge is 0.462 e. The third kappa shape index (κ3) is 36.5. The Labute approximate surface area is 307 Å². The van der Waals surface area contributed by atoms with Crippen molar-refractivity contribution in [3.8, 4) is 0 Å². The second kappa shape index (κ2) is 33.6. The molecular formula is C40H79NO8P+. The Morgan fingerprint density at radius 3 is 1.50 bits per heavy atom. The summed E-state index contributed by atoms with van der Waals surface area (Å²) in [4.78, 5) is 35.2. The van der Waals surface area contributed by atoms with Crippen LogP contribution in [-0.2, 0) is 32.7 Å². The van der Waals surface area contributed by atoms with Crippen LogP contribution in [0.4, 0.5) is 0 Å². The summed E-state index contributed by atoms with van der Waals surface area (Å²) in [5, 5.41) is 0. The van der Waals surface area contributed by atoms with Crippen LogP contribution in [0, 0.1) is 0 Å². The molecule has 0 spiro atoms. The van der Waals surface area contributed by atoms with E-state index < -0.39 is 26.5 Å². The Balaban J connectivity index is 4.40. The van der Waals surface area contributed by atoms with Gasteiger partial charge in [0.05, 0.1) is 27.7 Å². The third-order valence-electron chi connectivity index (χ3n) is 8.80. The molecule has 0 saturated heterocycles. The van der Waals surface area contributed by atoms with Crippen molar-refractivity contribution in [3.05, 3.63) is 12.2 Å². The van der Waals surface area contributed by atoms with Crippen LogP contribution in [0.3, 0.4) is 0 Å². The fourth-order valence-corrected chi connectivity index (χ4v) is 6.28. The maximum atomic E-state index is 12.6. The van der Waals surface area contributed by atoms with Gasteiger partial charge in [-0.05, 0) is 38.5 Å². The quantitative estimate of drug-likeness (QED) is 0.0221. The molecule has 0 radical (unpaired) electrons. The second-order valence-electron chi connectivity index (χ2n) is 15.0. The maximum absolute atomic E-state index is 12.6. The van der Waals surface area contributed by atoms with E-state index in [9.17, 15) is 19.0 Å². The van der Waals surface area contributed by atoms with Gasteiger partial charge in [0.15, 0.2) is 6.10 Å². The van der Waals surface area contributed by atoms with Gasteiger partial charge in [0.25, 0.3) is 0 Å². The number of phosphoric acid groups is 1. The molecule has 9 nitrogen and oxygen atoms in total. The highest BCUT2D eigenvalue weighted by Crippen LogP contribution is 2.43. The molecule has 0 amide bonds. The molecule has 296 valence electrons. The summed E-state index contributed by atoms with van der Waals surface area (Å²) in [7, 11) is 1.48. The fraction of sp³-hybridized carbons (Fsp3) is 0.900. The number of hydrogen-bond donors (Lipinski definition) is 1. The first-order chi connectivity index (χ1) is 24.0. The van der Waals surface area contributed by atoms with E-state index in [0.29, 0.717) is 17.4 Å². The maximum Gasteiger partial charge on any atom is 0.472 e. The average Bonchev–Trinajstić information content (AvgIpc) is 3.06. The number of quaternary nitrogens is 1. The third-order valence-corrected chi connectivity index (χ3v) is 9.78. The van der Waals surface area contributed by atoms with Crippen molar-refractivity contribution in [2.45, 2.75) is 187 Å². The van der Waals surface area contributed by atoms with E-state index in [-0.39, 0.29) is 32.0 Å². The van der Waals surface area contributed by atoms with Crippen molar-refractivity contribution < 1.29 is 42.1 Å². The van der Waals surface area contributed by atoms with Crippen LogP contribution in [0.1, 0.15) is 181 Å². The number of nitrogens with zero attached hydrogens (tertiary/aromatic N) is 1. The molecular weight excluding hydrogens is 653 g/mol. The summed E-state index contributed by atoms with van der Waals surface area (Å²) in [5.74, 6) is -0.803. The summed E-state index contributed by atoms with van der Waals surface area (Å²) >= 11 is 0. The van der Waals surface area contributed by atoms with Gasteiger partial charge < -0.3 is 18.9 Å². The predicted molar refractivity (Wildman–Crippen MR) is 206 cm³/mol. The summed E-state index contributed by atoms with van der Waals surface area (Å²) in [6.45, 7) is 4.40. The molecule has 0 heterocycles. The first-order valence-electron chi connectivity index (χ1n) is 20.4. The Hall–Kier alpha value is -1.25. The van der Waals surface area contributed by atoms with Crippen molar-refractivity contribution >= 4 is 19.8 Å². The van der Waals surface area contributed by atoms with Crippen molar-refractivity contribution in [1.82, 2.24) is 0 Å². The van der Waals surface area contributed by atoms with Crippen LogP contribution in [0.15, 0.2) is 12.2 Å². The number of likely N-dealkylation sites (N-methyl/N-ethyl adjacent to an activating group) is 1. The lowest BCUT2D eigenvalue weighted by molar-refractivity contribution is -0.870. The Morgan fingerprint density at radius 2 is 1.02 bits per heavy atom. The zero-order valence-electron chi connectivity index (χ0n) is 33.1. The molecule has 0 rings (SSSR count). The molecule has 1 N–H and O–H groups in total. The molecule has 0 bridgehead atoms. The van der Waals surface area contributed by atoms with Crippen LogP contribution in [0.5, 0.6) is 0 Å². The molecule has 0 aliphatic heterocycles. The van der Waals surface area contributed by atoms with E-state index in [1.54, 1.807) is 0 Å². The molecule has 0 aromatic rings. The molecule has 0 aliphatic carbocycles. The Kier molecular flexibility index (Phi) is 32.7. The molecule has 0 aliphatic rings. The van der Waals surface area contributed by atoms with E-state index in [4.69, 9.17) is 18.5 Å². The van der Waals surface area contributed by atoms with E-state index in [0.717, 1.165) is 51.4 Å². The highest BCUT2D eigenvalue weighted by molar-refractivity contribution is 7.47. The van der Waals surface area contributed by atoms with Gasteiger partial charge in [0, 0.05) is 12.8 Å². The summed E-state index contributed by atoms with van der Waals surface area (Å²) in [5.41, 5.74) is 0. The standard InChI is InChI=1S/C40H78NO8P/c1-6-8-10-12-14-16-18-20-22-24-26-28-30-32-39(42)46-36-38(37-48-50(44,45)47-35-34-41(3,4)5)49-40(43)33-31-29-27-25-23-21-19-17-15-13-11-9-7-2/h16,18,38H,6-15,17,19-37H2,1-5H3/p+1/b18-16-/t38-/m1/s1. The second-order valence-corrected chi connectivity index (χ2v) is 16.5. The number of ether oxygens (including phenoxy) is 2. The molecule has 2 atom stereocenters. The number of carbonyl (C=O) groups excluding carboxylic acids is 2. The van der Waals surface area contributed by atoms with Gasteiger partial charge in [0.1, 0.15) is 19.8 Å². The van der Waals surface area contributed by atoms with Crippen LogP contribution >= 0.6 is 7.82 Å². The first-order valence-corrected chi connectivity index (χ1v) is 21.9. The van der Waals surface area contributed by atoms with Gasteiger partial charge >= 0.3 is 19.8 Å². The zero-order valence-corrected chi connectivity index (χ0v) is 34.0. The molecule has 0 saturated carbocycles. The summed E-state index contributed by atoms with van der Waals surface area (Å²) in [6, 6.07) is 0. The van der Waals surface area contributed by atoms with Crippen LogP contribution < -0.4 is 0 Å². The highest BCUT2D eigenvalue weighted by Gasteiger charge is 2.27. The Morgan fingerprint density at radius 1 is 0.600 bits per heavy atom. The van der Waals surface area contributed by atoms with Gasteiger partial charge in [-0.3, -0.25) is 18.6 Å². The SMILES string of the molecule is CCCCCC/C=C\CCCCCCCC(=O)OC[C@H](COP(=O)(O)OCC[N+](C)(C)C)OC(=O)CCCCCCCCCCCCCCC. The average molecular weight is 733 g/mol. The molecule has 0 aromatic heterocycles. The van der Waals surface area contributed by atoms with Gasteiger partial charge in [-0.25, -0.2) is 4.57 Å². The zero-order chi connectivity index (χ0) is 37.2. The van der Waals surface area contributed by atoms with Crippen molar-refractivity contribution in [1.29, 1.82) is 0 Å². The van der Waals surface area contributed by atoms with Crippen molar-refractivity contribution in [2.24, 2.45) is 0 Å². The lowest BCUT2D eigenvalue weighted by atomic mass is 10.0. The highest BCUT2D eigenvalue weighted by atomic mass is 31.2. The largest absolute Gasteiger partial charge is 0.472 e. The number of allylic oxidation sites excluding steroid dienone is 2. The lowest BCUT2D eigenvalue weighted by Gasteiger charge is -2.24. The minimum atomic E-state index is -4.36. The lowest BCUT2D eigenvalue weighted by Crippen LogP contribution is -2.37. The fourth-order valence-electron chi connectivity index (χ4n) is 5.54. The van der Waals surface area contributed by atoms with Crippen LogP contribution in [0.2, 0.25) is 0 Å². The molecule has 0 fully saturated rings. The first kappa shape index (κ1) is 48.8. The van der Waals surface area contributed by atoms with Crippen LogP contribution in [-0.4, -0.2) is 74.9 Å². The van der Waals surface area contributed by atoms with E-state index in [1.165, 1.54) is 96.3 Å². The topological polar surface area (TPSA) is 108 Å². The number of carbonyl (C=O) groups is 2. The van der Waals surface area contributed by atoms with E-state index in [1.807, 2.05) is 21.1 Å². The van der Waals surface area contributed by atoms with Gasteiger partial charge in [-0.1, -0.05) is 142 Å². The van der Waals surface area contributed by atoms with E-state index in [2.05, 4.69) is 26.0 Å². The van der Waals surface area contributed by atoms with Gasteiger partial charge in [-0.15, -0.1) is 0 Å². The minimum absolute atomic E-state index is 0.0333. The van der Waals surface area contributed by atoms with E-state index >= 15 is 0 Å². The number of esters is 2. The number of rotatable bonds is 37. The number of phosphoric ester groups is 1. The molecule has 0 aromatic carbocycles. The van der Waals surface area contributed by atoms with Crippen molar-refractivity contribution in [3.63, 3.8) is 0 Å². The van der Waals surface area contributed by atoms with Gasteiger partial charge in [-0.2, -0.15) is 0 Å². The monoisotopic (exact) mass is 733 g/mol. The number of hydrogen-bond acceptors (Lipinski definition) is 7. The predicted octanol–water partition coefficient (Wildman–Crippen LogP) is 11.0. The normalized spacial score (nSPS) is 13.8. The molecule has 50 heavy (non-hydrogen) atoms. The van der Waals surface area contributed by atoms with Crippen LogP contribution in [0.25, 0.3) is 0 Å². The molecule has 10 heteroatoms.